The smallest absolute Gasteiger partial charge is 0.307 e. The molecule has 126 valence electrons. The SMILES string of the molecule is COC(=O)CC(NC(=O)c1ccc(Br)cc1Cl)c1ccc(Br)cc1. The van der Waals surface area contributed by atoms with Crippen LogP contribution in [0.3, 0.4) is 0 Å². The molecule has 24 heavy (non-hydrogen) atoms. The fraction of sp³-hybridized carbons (Fsp3) is 0.176. The minimum absolute atomic E-state index is 0.0258. The van der Waals surface area contributed by atoms with E-state index in [2.05, 4.69) is 37.2 Å². The highest BCUT2D eigenvalue weighted by Crippen LogP contribution is 2.24. The fourth-order valence-electron chi connectivity index (χ4n) is 2.11. The number of methoxy groups -OCH3 is 1. The van der Waals surface area contributed by atoms with Crippen LogP contribution in [0.15, 0.2) is 51.4 Å². The molecule has 0 saturated heterocycles. The van der Waals surface area contributed by atoms with Gasteiger partial charge >= 0.3 is 5.97 Å². The first kappa shape index (κ1) is 19.0. The number of hydrogen-bond donors (Lipinski definition) is 1. The lowest BCUT2D eigenvalue weighted by atomic mass is 10.0. The van der Waals surface area contributed by atoms with Crippen molar-refractivity contribution in [3.05, 3.63) is 67.6 Å². The molecule has 0 heterocycles. The summed E-state index contributed by atoms with van der Waals surface area (Å²) in [5.41, 5.74) is 1.14. The number of ether oxygens (including phenoxy) is 1. The first-order valence-corrected chi connectivity index (χ1v) is 8.95. The summed E-state index contributed by atoms with van der Waals surface area (Å²) < 4.78 is 6.41. The number of halogens is 3. The number of rotatable bonds is 5. The van der Waals surface area contributed by atoms with E-state index in [0.717, 1.165) is 14.5 Å². The van der Waals surface area contributed by atoms with E-state index in [1.54, 1.807) is 18.2 Å². The van der Waals surface area contributed by atoms with Crippen molar-refractivity contribution in [1.29, 1.82) is 0 Å². The Morgan fingerprint density at radius 3 is 2.33 bits per heavy atom. The van der Waals surface area contributed by atoms with Crippen molar-refractivity contribution in [1.82, 2.24) is 5.32 Å². The van der Waals surface area contributed by atoms with Crippen LogP contribution in [0.4, 0.5) is 0 Å². The third-order valence-electron chi connectivity index (χ3n) is 3.35. The molecule has 0 bridgehead atoms. The van der Waals surface area contributed by atoms with Crippen LogP contribution < -0.4 is 5.32 Å². The van der Waals surface area contributed by atoms with Gasteiger partial charge in [0.15, 0.2) is 0 Å². The normalized spacial score (nSPS) is 11.7. The van der Waals surface area contributed by atoms with Gasteiger partial charge in [-0.25, -0.2) is 0 Å². The van der Waals surface area contributed by atoms with Gasteiger partial charge in [-0.05, 0) is 35.9 Å². The molecule has 0 aliphatic heterocycles. The van der Waals surface area contributed by atoms with E-state index in [0.29, 0.717) is 10.6 Å². The molecular formula is C17H14Br2ClNO3. The Hall–Kier alpha value is -1.37. The van der Waals surface area contributed by atoms with Crippen molar-refractivity contribution in [2.75, 3.05) is 7.11 Å². The number of hydrogen-bond acceptors (Lipinski definition) is 3. The summed E-state index contributed by atoms with van der Waals surface area (Å²) in [4.78, 5) is 24.2. The Morgan fingerprint density at radius 2 is 1.75 bits per heavy atom. The first-order valence-electron chi connectivity index (χ1n) is 6.99. The van der Waals surface area contributed by atoms with Gasteiger partial charge in [0.2, 0.25) is 0 Å². The Balaban J connectivity index is 2.25. The van der Waals surface area contributed by atoms with Crippen LogP contribution in [0.5, 0.6) is 0 Å². The highest BCUT2D eigenvalue weighted by atomic mass is 79.9. The zero-order chi connectivity index (χ0) is 17.7. The van der Waals surface area contributed by atoms with Gasteiger partial charge in [0.25, 0.3) is 5.91 Å². The van der Waals surface area contributed by atoms with E-state index < -0.39 is 12.0 Å². The summed E-state index contributed by atoms with van der Waals surface area (Å²) in [7, 11) is 1.31. The van der Waals surface area contributed by atoms with Crippen LogP contribution in [-0.2, 0) is 9.53 Å². The van der Waals surface area contributed by atoms with E-state index in [9.17, 15) is 9.59 Å². The minimum Gasteiger partial charge on any atom is -0.469 e. The third-order valence-corrected chi connectivity index (χ3v) is 4.69. The molecule has 0 aliphatic carbocycles. The summed E-state index contributed by atoms with van der Waals surface area (Å²) in [5, 5.41) is 3.17. The third kappa shape index (κ3) is 5.06. The number of benzene rings is 2. The molecule has 1 unspecified atom stereocenters. The Bertz CT molecular complexity index is 750. The van der Waals surface area contributed by atoms with Crippen LogP contribution in [0.1, 0.15) is 28.4 Å². The second-order valence-corrected chi connectivity index (χ2v) is 7.22. The van der Waals surface area contributed by atoms with Gasteiger partial charge in [-0.2, -0.15) is 0 Å². The molecular weight excluding hydrogens is 461 g/mol. The Kier molecular flexibility index (Phi) is 6.83. The number of nitrogens with one attached hydrogen (secondary N) is 1. The van der Waals surface area contributed by atoms with E-state index >= 15 is 0 Å². The second kappa shape index (κ2) is 8.65. The number of carbonyl (C=O) groups excluding carboxylic acids is 2. The fourth-order valence-corrected chi connectivity index (χ4v) is 3.13. The topological polar surface area (TPSA) is 55.4 Å². The standard InChI is InChI=1S/C17H14Br2ClNO3/c1-24-16(22)9-15(10-2-4-11(18)5-3-10)21-17(23)13-7-6-12(19)8-14(13)20/h2-8,15H,9H2,1H3,(H,21,23). The maximum absolute atomic E-state index is 12.5. The molecule has 0 aliphatic rings. The monoisotopic (exact) mass is 473 g/mol. The van der Waals surface area contributed by atoms with Gasteiger partial charge in [-0.3, -0.25) is 9.59 Å². The summed E-state index contributed by atoms with van der Waals surface area (Å²) in [5.74, 6) is -0.769. The molecule has 0 spiro atoms. The van der Waals surface area contributed by atoms with Gasteiger partial charge in [0.1, 0.15) is 0 Å². The van der Waals surface area contributed by atoms with Crippen LogP contribution in [0.2, 0.25) is 5.02 Å². The minimum atomic E-state index is -0.516. The first-order chi connectivity index (χ1) is 11.4. The van der Waals surface area contributed by atoms with Crippen LogP contribution in [0, 0.1) is 0 Å². The lowest BCUT2D eigenvalue weighted by molar-refractivity contribution is -0.141. The van der Waals surface area contributed by atoms with E-state index in [-0.39, 0.29) is 12.3 Å². The molecule has 0 radical (unpaired) electrons. The molecule has 1 N–H and O–H groups in total. The molecule has 1 amide bonds. The van der Waals surface area contributed by atoms with Crippen molar-refractivity contribution < 1.29 is 14.3 Å². The predicted octanol–water partition coefficient (Wildman–Crippen LogP) is 4.90. The van der Waals surface area contributed by atoms with Gasteiger partial charge in [0.05, 0.1) is 30.2 Å². The lowest BCUT2D eigenvalue weighted by Gasteiger charge is -2.19. The summed E-state index contributed by atoms with van der Waals surface area (Å²) in [6, 6.07) is 11.8. The maximum atomic E-state index is 12.5. The predicted molar refractivity (Wildman–Crippen MR) is 100 cm³/mol. The van der Waals surface area contributed by atoms with Crippen molar-refractivity contribution in [3.63, 3.8) is 0 Å². The van der Waals surface area contributed by atoms with Crippen LogP contribution in [-0.4, -0.2) is 19.0 Å². The van der Waals surface area contributed by atoms with E-state index in [4.69, 9.17) is 16.3 Å². The van der Waals surface area contributed by atoms with Crippen LogP contribution in [0.25, 0.3) is 0 Å². The quantitative estimate of drug-likeness (QED) is 0.626. The lowest BCUT2D eigenvalue weighted by Crippen LogP contribution is -2.30. The summed E-state index contributed by atoms with van der Waals surface area (Å²) >= 11 is 12.8. The van der Waals surface area contributed by atoms with E-state index in [1.807, 2.05) is 24.3 Å². The number of esters is 1. The van der Waals surface area contributed by atoms with E-state index in [1.165, 1.54) is 7.11 Å². The van der Waals surface area contributed by atoms with Crippen molar-refractivity contribution in [2.45, 2.75) is 12.5 Å². The second-order valence-electron chi connectivity index (χ2n) is 4.98. The summed E-state index contributed by atoms with van der Waals surface area (Å²) in [6.07, 6.45) is 0.0258. The Labute approximate surface area is 161 Å². The number of amides is 1. The average Bonchev–Trinajstić information content (AvgIpc) is 2.54. The zero-order valence-corrected chi connectivity index (χ0v) is 16.6. The van der Waals surface area contributed by atoms with Gasteiger partial charge in [-0.15, -0.1) is 0 Å². The largest absolute Gasteiger partial charge is 0.469 e. The molecule has 2 rings (SSSR count). The molecule has 0 aromatic heterocycles. The highest BCUT2D eigenvalue weighted by Gasteiger charge is 2.21. The highest BCUT2D eigenvalue weighted by molar-refractivity contribution is 9.10. The van der Waals surface area contributed by atoms with Crippen molar-refractivity contribution in [3.8, 4) is 0 Å². The maximum Gasteiger partial charge on any atom is 0.307 e. The van der Waals surface area contributed by atoms with Crippen LogP contribution >= 0.6 is 43.5 Å². The summed E-state index contributed by atoms with van der Waals surface area (Å²) in [6.45, 7) is 0. The van der Waals surface area contributed by atoms with Crippen molar-refractivity contribution in [2.24, 2.45) is 0 Å². The van der Waals surface area contributed by atoms with Gasteiger partial charge in [0, 0.05) is 8.95 Å². The molecule has 1 atom stereocenters. The molecule has 2 aromatic rings. The van der Waals surface area contributed by atoms with Gasteiger partial charge in [-0.1, -0.05) is 55.6 Å². The molecule has 4 nitrogen and oxygen atoms in total. The number of carbonyl (C=O) groups is 2. The molecule has 7 heteroatoms. The average molecular weight is 476 g/mol. The molecule has 0 saturated carbocycles. The molecule has 2 aromatic carbocycles. The molecule has 0 fully saturated rings. The van der Waals surface area contributed by atoms with Crippen molar-refractivity contribution >= 4 is 55.3 Å². The van der Waals surface area contributed by atoms with Gasteiger partial charge < -0.3 is 10.1 Å². The zero-order valence-electron chi connectivity index (χ0n) is 12.7. The Morgan fingerprint density at radius 1 is 1.12 bits per heavy atom.